The number of hydrogen-bond donors (Lipinski definition) is 4. The first-order valence-electron chi connectivity index (χ1n) is 9.46. The lowest BCUT2D eigenvalue weighted by atomic mass is 9.79. The highest BCUT2D eigenvalue weighted by atomic mass is 16.4. The Balaban J connectivity index is 1.74. The van der Waals surface area contributed by atoms with Crippen molar-refractivity contribution < 1.29 is 24.3 Å². The largest absolute Gasteiger partial charge is 0.481 e. The number of benzene rings is 1. The Kier molecular flexibility index (Phi) is 7.54. The molecule has 1 aliphatic carbocycles. The molecular weight excluding hydrogens is 362 g/mol. The second-order valence-corrected chi connectivity index (χ2v) is 7.22. The molecule has 8 heteroatoms. The minimum Gasteiger partial charge on any atom is -0.481 e. The topological polar surface area (TPSA) is 125 Å². The van der Waals surface area contributed by atoms with E-state index in [1.165, 1.54) is 0 Å². The fourth-order valence-corrected chi connectivity index (χ4v) is 3.30. The second-order valence-electron chi connectivity index (χ2n) is 7.22. The lowest BCUT2D eigenvalue weighted by Crippen LogP contribution is -2.48. The number of hydrazine groups is 1. The number of carbonyl (C=O) groups is 4. The van der Waals surface area contributed by atoms with Crippen molar-refractivity contribution in [3.8, 4) is 0 Å². The van der Waals surface area contributed by atoms with E-state index in [0.717, 1.165) is 24.0 Å². The van der Waals surface area contributed by atoms with Crippen LogP contribution in [0.4, 0.5) is 5.69 Å². The van der Waals surface area contributed by atoms with E-state index in [-0.39, 0.29) is 18.7 Å². The van der Waals surface area contributed by atoms with Crippen molar-refractivity contribution in [1.29, 1.82) is 0 Å². The van der Waals surface area contributed by atoms with E-state index in [2.05, 4.69) is 16.2 Å². The Labute approximate surface area is 164 Å². The van der Waals surface area contributed by atoms with Gasteiger partial charge in [0.25, 0.3) is 0 Å². The summed E-state index contributed by atoms with van der Waals surface area (Å²) in [5, 5.41) is 12.0. The summed E-state index contributed by atoms with van der Waals surface area (Å²) >= 11 is 0. The molecule has 2 rings (SSSR count). The van der Waals surface area contributed by atoms with Crippen molar-refractivity contribution >= 4 is 29.4 Å². The average Bonchev–Trinajstić information content (AvgIpc) is 2.67. The fraction of sp³-hybridized carbons (Fsp3) is 0.500. The summed E-state index contributed by atoms with van der Waals surface area (Å²) in [4.78, 5) is 47.3. The van der Waals surface area contributed by atoms with Gasteiger partial charge in [0.2, 0.25) is 17.7 Å². The molecular formula is C20H27N3O5. The summed E-state index contributed by atoms with van der Waals surface area (Å²) in [5.74, 6) is -3.68. The van der Waals surface area contributed by atoms with Gasteiger partial charge in [-0.3, -0.25) is 30.0 Å². The smallest absolute Gasteiger partial charge is 0.307 e. The summed E-state index contributed by atoms with van der Waals surface area (Å²) in [6.07, 6.45) is 2.38. The molecule has 1 saturated carbocycles. The van der Waals surface area contributed by atoms with Crippen LogP contribution in [0.3, 0.4) is 0 Å². The summed E-state index contributed by atoms with van der Waals surface area (Å²) in [6, 6.07) is 5.56. The third-order valence-electron chi connectivity index (χ3n) is 5.11. The first-order valence-corrected chi connectivity index (χ1v) is 9.46. The first kappa shape index (κ1) is 21.4. The molecule has 8 nitrogen and oxygen atoms in total. The maximum absolute atomic E-state index is 12.2. The Morgan fingerprint density at radius 1 is 0.929 bits per heavy atom. The van der Waals surface area contributed by atoms with Crippen molar-refractivity contribution in [3.05, 3.63) is 29.3 Å². The quantitative estimate of drug-likeness (QED) is 0.554. The van der Waals surface area contributed by atoms with Crippen LogP contribution in [0.1, 0.15) is 49.7 Å². The van der Waals surface area contributed by atoms with Gasteiger partial charge in [-0.15, -0.1) is 0 Å². The van der Waals surface area contributed by atoms with Crippen LogP contribution < -0.4 is 16.2 Å². The van der Waals surface area contributed by atoms with Crippen molar-refractivity contribution in [1.82, 2.24) is 10.9 Å². The maximum Gasteiger partial charge on any atom is 0.307 e. The maximum atomic E-state index is 12.2. The van der Waals surface area contributed by atoms with E-state index >= 15 is 0 Å². The Bertz CT molecular complexity index is 762. The lowest BCUT2D eigenvalue weighted by Gasteiger charge is -2.27. The SMILES string of the molecule is Cc1ccc(NC(=O)CCC(=O)NNC(=O)[C@@H]2CCCC[C@@H]2C(=O)O)cc1C. The van der Waals surface area contributed by atoms with E-state index in [9.17, 15) is 24.3 Å². The highest BCUT2D eigenvalue weighted by molar-refractivity contribution is 5.93. The van der Waals surface area contributed by atoms with Gasteiger partial charge < -0.3 is 10.4 Å². The molecule has 2 atom stereocenters. The molecule has 152 valence electrons. The minimum absolute atomic E-state index is 0.0319. The van der Waals surface area contributed by atoms with Gasteiger partial charge in [-0.1, -0.05) is 18.9 Å². The zero-order valence-electron chi connectivity index (χ0n) is 16.2. The van der Waals surface area contributed by atoms with Crippen LogP contribution in [-0.2, 0) is 19.2 Å². The predicted octanol–water partition coefficient (Wildman–Crippen LogP) is 2.06. The monoisotopic (exact) mass is 389 g/mol. The number of amides is 3. The zero-order chi connectivity index (χ0) is 20.7. The summed E-state index contributed by atoms with van der Waals surface area (Å²) in [6.45, 7) is 3.92. The Morgan fingerprint density at radius 2 is 1.57 bits per heavy atom. The molecule has 0 saturated heterocycles. The summed E-state index contributed by atoms with van der Waals surface area (Å²) in [5.41, 5.74) is 7.40. The van der Waals surface area contributed by atoms with E-state index in [0.29, 0.717) is 18.5 Å². The molecule has 1 fully saturated rings. The van der Waals surface area contributed by atoms with Gasteiger partial charge in [0, 0.05) is 18.5 Å². The third-order valence-corrected chi connectivity index (χ3v) is 5.11. The molecule has 0 spiro atoms. The number of carboxylic acids is 1. The number of aryl methyl sites for hydroxylation is 2. The van der Waals surface area contributed by atoms with Gasteiger partial charge in [-0.25, -0.2) is 0 Å². The summed E-state index contributed by atoms with van der Waals surface area (Å²) < 4.78 is 0. The van der Waals surface area contributed by atoms with E-state index in [4.69, 9.17) is 0 Å². The van der Waals surface area contributed by atoms with Gasteiger partial charge in [-0.05, 0) is 49.9 Å². The normalized spacial score (nSPS) is 18.8. The molecule has 3 amide bonds. The summed E-state index contributed by atoms with van der Waals surface area (Å²) in [7, 11) is 0. The standard InChI is InChI=1S/C20H27N3O5/c1-12-7-8-14(11-13(12)2)21-17(24)9-10-18(25)22-23-19(26)15-5-3-4-6-16(15)20(27)28/h7-8,11,15-16H,3-6,9-10H2,1-2H3,(H,21,24)(H,22,25)(H,23,26)(H,27,28)/t15-,16+/m1/s1. The molecule has 0 aromatic heterocycles. The molecule has 4 N–H and O–H groups in total. The number of hydrogen-bond acceptors (Lipinski definition) is 4. The number of carbonyl (C=O) groups excluding carboxylic acids is 3. The highest BCUT2D eigenvalue weighted by Gasteiger charge is 2.35. The lowest BCUT2D eigenvalue weighted by molar-refractivity contribution is -0.149. The first-order chi connectivity index (χ1) is 13.3. The number of nitrogens with one attached hydrogen (secondary N) is 3. The van der Waals surface area contributed by atoms with Crippen molar-refractivity contribution in [2.24, 2.45) is 11.8 Å². The zero-order valence-corrected chi connectivity index (χ0v) is 16.2. The number of anilines is 1. The van der Waals surface area contributed by atoms with Crippen LogP contribution in [0.15, 0.2) is 18.2 Å². The van der Waals surface area contributed by atoms with Crippen molar-refractivity contribution in [2.75, 3.05) is 5.32 Å². The van der Waals surface area contributed by atoms with Crippen LogP contribution in [0.5, 0.6) is 0 Å². The average molecular weight is 389 g/mol. The Hall–Kier alpha value is -2.90. The van der Waals surface area contributed by atoms with Crippen LogP contribution in [0, 0.1) is 25.7 Å². The van der Waals surface area contributed by atoms with E-state index in [1.54, 1.807) is 6.07 Å². The minimum atomic E-state index is -0.991. The van der Waals surface area contributed by atoms with Gasteiger partial charge in [0.05, 0.1) is 11.8 Å². The van der Waals surface area contributed by atoms with Gasteiger partial charge in [0.15, 0.2) is 0 Å². The van der Waals surface area contributed by atoms with E-state index in [1.807, 2.05) is 26.0 Å². The highest BCUT2D eigenvalue weighted by Crippen LogP contribution is 2.30. The molecule has 0 heterocycles. The Morgan fingerprint density at radius 3 is 2.21 bits per heavy atom. The van der Waals surface area contributed by atoms with Crippen LogP contribution in [-0.4, -0.2) is 28.8 Å². The molecule has 1 aliphatic rings. The van der Waals surface area contributed by atoms with Crippen molar-refractivity contribution in [3.63, 3.8) is 0 Å². The van der Waals surface area contributed by atoms with Gasteiger partial charge in [-0.2, -0.15) is 0 Å². The molecule has 0 unspecified atom stereocenters. The predicted molar refractivity (Wildman–Crippen MR) is 103 cm³/mol. The number of rotatable bonds is 6. The third kappa shape index (κ3) is 6.07. The van der Waals surface area contributed by atoms with Gasteiger partial charge >= 0.3 is 5.97 Å². The molecule has 0 bridgehead atoms. The van der Waals surface area contributed by atoms with Crippen molar-refractivity contribution in [2.45, 2.75) is 52.4 Å². The second kappa shape index (κ2) is 9.87. The molecule has 0 aliphatic heterocycles. The number of aliphatic carboxylic acids is 1. The van der Waals surface area contributed by atoms with Crippen LogP contribution in [0.2, 0.25) is 0 Å². The van der Waals surface area contributed by atoms with E-state index < -0.39 is 29.6 Å². The van der Waals surface area contributed by atoms with Gasteiger partial charge in [0.1, 0.15) is 0 Å². The molecule has 28 heavy (non-hydrogen) atoms. The molecule has 1 aromatic rings. The number of carboxylic acid groups (broad SMARTS) is 1. The molecule has 0 radical (unpaired) electrons. The van der Waals surface area contributed by atoms with Crippen LogP contribution >= 0.6 is 0 Å². The molecule has 1 aromatic carbocycles. The fourth-order valence-electron chi connectivity index (χ4n) is 3.30. The van der Waals surface area contributed by atoms with Crippen LogP contribution in [0.25, 0.3) is 0 Å².